The van der Waals surface area contributed by atoms with Gasteiger partial charge in [0.05, 0.1) is 12.1 Å². The van der Waals surface area contributed by atoms with Crippen molar-refractivity contribution in [3.63, 3.8) is 0 Å². The molecular formula is C7H14NO5S. The average molecular weight is 224 g/mol. The van der Waals surface area contributed by atoms with Gasteiger partial charge < -0.3 is 10.4 Å². The Hall–Kier alpha value is -0.660. The minimum absolute atomic E-state index is 0.108. The molecule has 0 spiro atoms. The Morgan fingerprint density at radius 2 is 2.00 bits per heavy atom. The van der Waals surface area contributed by atoms with E-state index in [9.17, 15) is 13.2 Å². The highest BCUT2D eigenvalue weighted by Crippen LogP contribution is 2.11. The van der Waals surface area contributed by atoms with E-state index in [1.54, 1.807) is 0 Å². The molecule has 0 heterocycles. The fourth-order valence-corrected chi connectivity index (χ4v) is 1.73. The fraction of sp³-hybridized carbons (Fsp3) is 0.714. The Morgan fingerprint density at radius 1 is 1.50 bits per heavy atom. The van der Waals surface area contributed by atoms with E-state index in [-0.39, 0.29) is 13.0 Å². The van der Waals surface area contributed by atoms with Crippen LogP contribution in [0.2, 0.25) is 0 Å². The van der Waals surface area contributed by atoms with Gasteiger partial charge in [-0.1, -0.05) is 0 Å². The monoisotopic (exact) mass is 224 g/mol. The summed E-state index contributed by atoms with van der Waals surface area (Å²) < 4.78 is 29.5. The summed E-state index contributed by atoms with van der Waals surface area (Å²) >= 11 is 0. The van der Waals surface area contributed by atoms with Crippen LogP contribution < -0.4 is 5.32 Å². The van der Waals surface area contributed by atoms with Crippen LogP contribution in [0.15, 0.2) is 0 Å². The third-order valence-electron chi connectivity index (χ3n) is 1.24. The molecule has 0 aliphatic carbocycles. The van der Waals surface area contributed by atoms with Gasteiger partial charge in [0.25, 0.3) is 10.1 Å². The second-order valence-corrected chi connectivity index (χ2v) is 4.64. The summed E-state index contributed by atoms with van der Waals surface area (Å²) in [4.78, 5) is 11.0. The first-order valence-electron chi connectivity index (χ1n) is 3.91. The molecule has 0 unspecified atom stereocenters. The van der Waals surface area contributed by atoms with Crippen LogP contribution in [-0.4, -0.2) is 36.1 Å². The van der Waals surface area contributed by atoms with Crippen molar-refractivity contribution in [2.24, 2.45) is 0 Å². The first-order chi connectivity index (χ1) is 6.16. The van der Waals surface area contributed by atoms with Crippen molar-refractivity contribution in [2.75, 3.05) is 6.61 Å². The lowest BCUT2D eigenvalue weighted by Gasteiger charge is -2.23. The maximum Gasteiger partial charge on any atom is 0.271 e. The largest absolute Gasteiger partial charge is 0.396 e. The van der Waals surface area contributed by atoms with Crippen molar-refractivity contribution in [3.05, 3.63) is 5.75 Å². The molecule has 6 nitrogen and oxygen atoms in total. The van der Waals surface area contributed by atoms with E-state index >= 15 is 0 Å². The van der Waals surface area contributed by atoms with Crippen molar-refractivity contribution in [1.82, 2.24) is 5.32 Å². The third kappa shape index (κ3) is 6.81. The van der Waals surface area contributed by atoms with Gasteiger partial charge in [-0.05, 0) is 13.8 Å². The van der Waals surface area contributed by atoms with Gasteiger partial charge in [-0.25, -0.2) is 0 Å². The summed E-state index contributed by atoms with van der Waals surface area (Å²) in [6, 6.07) is 0. The molecule has 1 radical (unpaired) electrons. The van der Waals surface area contributed by atoms with Crippen LogP contribution in [0.4, 0.5) is 0 Å². The minimum Gasteiger partial charge on any atom is -0.396 e. The number of hydrogen-bond acceptors (Lipinski definition) is 4. The predicted octanol–water partition coefficient (Wildman–Crippen LogP) is -0.687. The van der Waals surface area contributed by atoms with Crippen LogP contribution in [0, 0.1) is 5.75 Å². The van der Waals surface area contributed by atoms with Gasteiger partial charge in [0, 0.05) is 6.42 Å². The van der Waals surface area contributed by atoms with Crippen LogP contribution in [0.25, 0.3) is 0 Å². The first kappa shape index (κ1) is 13.3. The lowest BCUT2D eigenvalue weighted by molar-refractivity contribution is -0.122. The number of carbonyl (C=O) groups excluding carboxylic acids is 1. The molecular weight excluding hydrogens is 210 g/mol. The Morgan fingerprint density at radius 3 is 2.36 bits per heavy atom. The zero-order chi connectivity index (χ0) is 11.4. The Bertz CT molecular complexity index is 295. The molecule has 0 aromatic rings. The van der Waals surface area contributed by atoms with Gasteiger partial charge in [0.2, 0.25) is 5.91 Å². The SMILES string of the molecule is CC(C)([CH]S(=O)(=O)O)NC(=O)CCO. The van der Waals surface area contributed by atoms with Gasteiger partial charge in [0.15, 0.2) is 0 Å². The summed E-state index contributed by atoms with van der Waals surface area (Å²) in [6.45, 7) is 2.51. The van der Waals surface area contributed by atoms with Crippen LogP contribution in [0.5, 0.6) is 0 Å². The van der Waals surface area contributed by atoms with Crippen molar-refractivity contribution >= 4 is 16.0 Å². The number of hydrogen-bond donors (Lipinski definition) is 3. The standard InChI is InChI=1S/C7H14NO5S/c1-7(2,5-14(11,12)13)8-6(10)3-4-9/h5,9H,3-4H2,1-2H3,(H,8,10)(H,11,12,13). The Labute approximate surface area is 83.1 Å². The van der Waals surface area contributed by atoms with Gasteiger partial charge in [0.1, 0.15) is 5.75 Å². The van der Waals surface area contributed by atoms with Crippen LogP contribution in [0.1, 0.15) is 20.3 Å². The second-order valence-electron chi connectivity index (χ2n) is 3.38. The number of amides is 1. The molecule has 0 fully saturated rings. The van der Waals surface area contributed by atoms with Crippen molar-refractivity contribution in [2.45, 2.75) is 25.8 Å². The molecule has 1 amide bonds. The lowest BCUT2D eigenvalue weighted by atomic mass is 10.1. The maximum atomic E-state index is 11.0. The van der Waals surface area contributed by atoms with Crippen molar-refractivity contribution in [1.29, 1.82) is 0 Å². The predicted molar refractivity (Wildman–Crippen MR) is 49.8 cm³/mol. The molecule has 0 saturated heterocycles. The molecule has 0 rings (SSSR count). The van der Waals surface area contributed by atoms with E-state index in [2.05, 4.69) is 5.32 Å². The number of aliphatic hydroxyl groups excluding tert-OH is 1. The van der Waals surface area contributed by atoms with Gasteiger partial charge in [-0.3, -0.25) is 9.35 Å². The summed E-state index contributed by atoms with van der Waals surface area (Å²) in [5.41, 5.74) is -1.17. The molecule has 0 atom stereocenters. The molecule has 3 N–H and O–H groups in total. The molecule has 0 aromatic heterocycles. The van der Waals surface area contributed by atoms with Crippen LogP contribution >= 0.6 is 0 Å². The van der Waals surface area contributed by atoms with E-state index in [0.29, 0.717) is 5.75 Å². The minimum atomic E-state index is -4.24. The number of aliphatic hydroxyl groups is 1. The molecule has 83 valence electrons. The summed E-state index contributed by atoms with van der Waals surface area (Å²) in [6.07, 6.45) is -0.108. The lowest BCUT2D eigenvalue weighted by Crippen LogP contribution is -2.45. The molecule has 0 aliphatic rings. The normalized spacial score (nSPS) is 12.6. The molecule has 0 aliphatic heterocycles. The Balaban J connectivity index is 4.27. The molecule has 0 saturated carbocycles. The summed E-state index contributed by atoms with van der Waals surface area (Å²) in [7, 11) is -4.24. The topological polar surface area (TPSA) is 104 Å². The fourth-order valence-electron chi connectivity index (χ4n) is 0.925. The molecule has 0 aromatic carbocycles. The highest BCUT2D eigenvalue weighted by molar-refractivity contribution is 7.87. The smallest absolute Gasteiger partial charge is 0.271 e. The molecule has 14 heavy (non-hydrogen) atoms. The van der Waals surface area contributed by atoms with E-state index in [4.69, 9.17) is 9.66 Å². The van der Waals surface area contributed by atoms with Gasteiger partial charge in [-0.15, -0.1) is 0 Å². The number of rotatable bonds is 5. The quantitative estimate of drug-likeness (QED) is 0.536. The number of carbonyl (C=O) groups is 1. The average Bonchev–Trinajstić information content (AvgIpc) is 1.78. The van der Waals surface area contributed by atoms with Crippen LogP contribution in [0.3, 0.4) is 0 Å². The number of nitrogens with one attached hydrogen (secondary N) is 1. The molecule has 7 heteroatoms. The van der Waals surface area contributed by atoms with E-state index in [1.165, 1.54) is 13.8 Å². The van der Waals surface area contributed by atoms with E-state index in [1.807, 2.05) is 0 Å². The van der Waals surface area contributed by atoms with E-state index < -0.39 is 21.6 Å². The Kier molecular flexibility index (Phi) is 4.50. The van der Waals surface area contributed by atoms with Gasteiger partial charge in [-0.2, -0.15) is 8.42 Å². The molecule has 0 bridgehead atoms. The van der Waals surface area contributed by atoms with E-state index in [0.717, 1.165) is 0 Å². The van der Waals surface area contributed by atoms with Crippen molar-refractivity contribution < 1.29 is 22.9 Å². The highest BCUT2D eigenvalue weighted by atomic mass is 32.2. The highest BCUT2D eigenvalue weighted by Gasteiger charge is 2.26. The zero-order valence-corrected chi connectivity index (χ0v) is 8.84. The summed E-state index contributed by atoms with van der Waals surface area (Å²) in [5.74, 6) is 0.132. The van der Waals surface area contributed by atoms with Crippen molar-refractivity contribution in [3.8, 4) is 0 Å². The second kappa shape index (κ2) is 4.72. The van der Waals surface area contributed by atoms with Crippen LogP contribution in [-0.2, 0) is 14.9 Å². The third-order valence-corrected chi connectivity index (χ3v) is 2.13. The zero-order valence-electron chi connectivity index (χ0n) is 8.02. The maximum absolute atomic E-state index is 11.0. The first-order valence-corrected chi connectivity index (χ1v) is 5.42. The summed E-state index contributed by atoms with van der Waals surface area (Å²) in [5, 5.41) is 10.7. The van der Waals surface area contributed by atoms with Gasteiger partial charge >= 0.3 is 0 Å².